The lowest BCUT2D eigenvalue weighted by Crippen LogP contribution is -2.40. The van der Waals surface area contributed by atoms with Gasteiger partial charge in [0.05, 0.1) is 24.5 Å². The molecule has 27 heavy (non-hydrogen) atoms. The van der Waals surface area contributed by atoms with Crippen molar-refractivity contribution >= 4 is 5.91 Å². The zero-order valence-corrected chi connectivity index (χ0v) is 14.8. The van der Waals surface area contributed by atoms with Gasteiger partial charge in [0.15, 0.2) is 0 Å². The maximum atomic E-state index is 12.4. The van der Waals surface area contributed by atoms with E-state index in [1.807, 2.05) is 17.0 Å². The van der Waals surface area contributed by atoms with E-state index >= 15 is 0 Å². The van der Waals surface area contributed by atoms with Gasteiger partial charge in [-0.25, -0.2) is 9.97 Å². The molecule has 4 heterocycles. The Labute approximate surface area is 155 Å². The van der Waals surface area contributed by atoms with Crippen LogP contribution in [0, 0.1) is 5.92 Å². The van der Waals surface area contributed by atoms with Crippen molar-refractivity contribution in [2.75, 3.05) is 13.1 Å². The molecule has 1 aliphatic rings. The van der Waals surface area contributed by atoms with Gasteiger partial charge in [0, 0.05) is 43.7 Å². The first-order valence-corrected chi connectivity index (χ1v) is 8.95. The molecule has 3 aromatic rings. The molecule has 8 nitrogen and oxygen atoms in total. The second-order valence-corrected chi connectivity index (χ2v) is 6.70. The summed E-state index contributed by atoms with van der Waals surface area (Å²) in [6, 6.07) is 5.23. The average Bonchev–Trinajstić information content (AvgIpc) is 3.25. The summed E-state index contributed by atoms with van der Waals surface area (Å²) in [7, 11) is 0. The van der Waals surface area contributed by atoms with Crippen molar-refractivity contribution in [3.8, 4) is 11.3 Å². The normalized spacial score (nSPS) is 15.0. The van der Waals surface area contributed by atoms with Gasteiger partial charge in [-0.15, -0.1) is 0 Å². The summed E-state index contributed by atoms with van der Waals surface area (Å²) >= 11 is 0. The predicted molar refractivity (Wildman–Crippen MR) is 98.9 cm³/mol. The van der Waals surface area contributed by atoms with Gasteiger partial charge >= 0.3 is 0 Å². The van der Waals surface area contributed by atoms with Crippen molar-refractivity contribution in [2.45, 2.75) is 19.4 Å². The van der Waals surface area contributed by atoms with Crippen molar-refractivity contribution in [1.82, 2.24) is 29.4 Å². The van der Waals surface area contributed by atoms with E-state index in [1.165, 1.54) is 6.33 Å². The Morgan fingerprint density at radius 3 is 2.63 bits per heavy atom. The van der Waals surface area contributed by atoms with Crippen LogP contribution in [-0.2, 0) is 6.54 Å². The Balaban J connectivity index is 1.38. The number of piperidine rings is 1. The van der Waals surface area contributed by atoms with Gasteiger partial charge in [-0.05, 0) is 30.9 Å². The van der Waals surface area contributed by atoms with Gasteiger partial charge in [-0.3, -0.25) is 19.1 Å². The molecule has 0 bridgehead atoms. The molecule has 138 valence electrons. The van der Waals surface area contributed by atoms with E-state index in [4.69, 9.17) is 0 Å². The molecule has 1 N–H and O–H groups in total. The fraction of sp³-hybridized carbons (Fsp3) is 0.316. The van der Waals surface area contributed by atoms with Crippen molar-refractivity contribution < 1.29 is 4.79 Å². The highest BCUT2D eigenvalue weighted by Crippen LogP contribution is 2.20. The molecule has 1 saturated heterocycles. The summed E-state index contributed by atoms with van der Waals surface area (Å²) in [6.45, 7) is 1.98. The number of aromatic nitrogens is 5. The lowest BCUT2D eigenvalue weighted by atomic mass is 9.96. The first kappa shape index (κ1) is 17.1. The van der Waals surface area contributed by atoms with Crippen LogP contribution in [0.3, 0.4) is 0 Å². The molecule has 1 amide bonds. The number of rotatable bonds is 4. The Hall–Kier alpha value is -3.29. The number of likely N-dealkylation sites (tertiary alicyclic amines) is 1. The highest BCUT2D eigenvalue weighted by Gasteiger charge is 2.24. The Bertz CT molecular complexity index is 959. The van der Waals surface area contributed by atoms with E-state index < -0.39 is 0 Å². The van der Waals surface area contributed by atoms with E-state index in [0.29, 0.717) is 36.9 Å². The third-order valence-electron chi connectivity index (χ3n) is 4.94. The van der Waals surface area contributed by atoms with E-state index in [2.05, 4.69) is 19.9 Å². The lowest BCUT2D eigenvalue weighted by molar-refractivity contribution is 0.0677. The first-order valence-electron chi connectivity index (χ1n) is 8.95. The van der Waals surface area contributed by atoms with E-state index in [1.54, 1.807) is 35.6 Å². The van der Waals surface area contributed by atoms with Crippen LogP contribution in [0.15, 0.2) is 54.2 Å². The number of H-pyrrole nitrogens is 1. The standard InChI is InChI=1S/C19H20N6O2/c26-18-9-16(15-1-5-20-6-2-15)23-13-25(18)11-14-3-7-24(8-4-14)19(27)17-10-21-12-22-17/h1-2,5-6,9-10,12-14H,3-4,7-8,11H2,(H,21,22). The van der Waals surface area contributed by atoms with Crippen LogP contribution in [0.2, 0.25) is 0 Å². The van der Waals surface area contributed by atoms with Crippen LogP contribution in [0.4, 0.5) is 0 Å². The quantitative estimate of drug-likeness (QED) is 0.758. The van der Waals surface area contributed by atoms with Gasteiger partial charge in [0.25, 0.3) is 11.5 Å². The molecule has 0 spiro atoms. The van der Waals surface area contributed by atoms with Gasteiger partial charge in [0.1, 0.15) is 5.69 Å². The molecule has 0 unspecified atom stereocenters. The number of pyridine rings is 1. The molecule has 1 fully saturated rings. The van der Waals surface area contributed by atoms with Crippen LogP contribution < -0.4 is 5.56 Å². The van der Waals surface area contributed by atoms with Crippen molar-refractivity contribution in [2.24, 2.45) is 5.92 Å². The maximum absolute atomic E-state index is 12.4. The molecule has 0 aliphatic carbocycles. The number of amides is 1. The van der Waals surface area contributed by atoms with Crippen molar-refractivity contribution in [3.05, 3.63) is 65.5 Å². The van der Waals surface area contributed by atoms with Crippen molar-refractivity contribution in [3.63, 3.8) is 0 Å². The molecule has 8 heteroatoms. The number of imidazole rings is 1. The third kappa shape index (κ3) is 3.79. The molecule has 0 aromatic carbocycles. The van der Waals surface area contributed by atoms with E-state index in [9.17, 15) is 9.59 Å². The number of hydrogen-bond donors (Lipinski definition) is 1. The molecular formula is C19H20N6O2. The minimum atomic E-state index is -0.0622. The monoisotopic (exact) mass is 364 g/mol. The number of aromatic amines is 1. The highest BCUT2D eigenvalue weighted by molar-refractivity contribution is 5.92. The fourth-order valence-corrected chi connectivity index (χ4v) is 3.38. The number of nitrogens with one attached hydrogen (secondary N) is 1. The molecule has 3 aromatic heterocycles. The van der Waals surface area contributed by atoms with Crippen LogP contribution >= 0.6 is 0 Å². The Morgan fingerprint density at radius 1 is 1.19 bits per heavy atom. The summed E-state index contributed by atoms with van der Waals surface area (Å²) in [6.07, 6.45) is 9.75. The largest absolute Gasteiger partial charge is 0.341 e. The first-order chi connectivity index (χ1) is 13.2. The number of hydrogen-bond acceptors (Lipinski definition) is 5. The molecule has 0 atom stereocenters. The van der Waals surface area contributed by atoms with E-state index in [-0.39, 0.29) is 11.5 Å². The third-order valence-corrected chi connectivity index (χ3v) is 4.94. The van der Waals surface area contributed by atoms with Gasteiger partial charge in [-0.2, -0.15) is 0 Å². The summed E-state index contributed by atoms with van der Waals surface area (Å²) in [5, 5.41) is 0. The minimum absolute atomic E-state index is 0.0218. The zero-order chi connectivity index (χ0) is 18.6. The maximum Gasteiger partial charge on any atom is 0.271 e. The SMILES string of the molecule is O=C(c1cnc[nH]1)N1CCC(Cn2cnc(-c3ccncc3)cc2=O)CC1. The zero-order valence-electron chi connectivity index (χ0n) is 14.8. The molecule has 0 radical (unpaired) electrons. The topological polar surface area (TPSA) is 96.8 Å². The van der Waals surface area contributed by atoms with Crippen molar-refractivity contribution in [1.29, 1.82) is 0 Å². The van der Waals surface area contributed by atoms with Gasteiger partial charge < -0.3 is 9.88 Å². The molecule has 4 rings (SSSR count). The summed E-state index contributed by atoms with van der Waals surface area (Å²) in [5.74, 6) is 0.327. The average molecular weight is 364 g/mol. The minimum Gasteiger partial charge on any atom is -0.341 e. The smallest absolute Gasteiger partial charge is 0.271 e. The second-order valence-electron chi connectivity index (χ2n) is 6.70. The van der Waals surface area contributed by atoms with Crippen LogP contribution in [0.5, 0.6) is 0 Å². The Morgan fingerprint density at radius 2 is 1.96 bits per heavy atom. The lowest BCUT2D eigenvalue weighted by Gasteiger charge is -2.31. The van der Waals surface area contributed by atoms with Crippen LogP contribution in [0.25, 0.3) is 11.3 Å². The summed E-state index contributed by atoms with van der Waals surface area (Å²) < 4.78 is 1.65. The Kier molecular flexibility index (Phi) is 4.78. The predicted octanol–water partition coefficient (Wildman–Crippen LogP) is 1.58. The number of nitrogens with zero attached hydrogens (tertiary/aromatic N) is 5. The molecule has 0 saturated carbocycles. The second kappa shape index (κ2) is 7.53. The van der Waals surface area contributed by atoms with E-state index in [0.717, 1.165) is 18.4 Å². The number of carbonyl (C=O) groups is 1. The fourth-order valence-electron chi connectivity index (χ4n) is 3.38. The summed E-state index contributed by atoms with van der Waals surface area (Å²) in [5.41, 5.74) is 1.98. The van der Waals surface area contributed by atoms with Gasteiger partial charge in [0.2, 0.25) is 0 Å². The molecular weight excluding hydrogens is 344 g/mol. The highest BCUT2D eigenvalue weighted by atomic mass is 16.2. The number of carbonyl (C=O) groups excluding carboxylic acids is 1. The molecule has 1 aliphatic heterocycles. The van der Waals surface area contributed by atoms with Gasteiger partial charge in [-0.1, -0.05) is 0 Å². The van der Waals surface area contributed by atoms with Crippen LogP contribution in [0.1, 0.15) is 23.3 Å². The van der Waals surface area contributed by atoms with Crippen LogP contribution in [-0.4, -0.2) is 48.4 Å². The summed E-state index contributed by atoms with van der Waals surface area (Å²) in [4.78, 5) is 41.8.